The molecule has 0 amide bonds. The largest absolute Gasteiger partial charge is 0.488 e. The first kappa shape index (κ1) is 14.5. The Bertz CT molecular complexity index is 607. The van der Waals surface area contributed by atoms with Crippen molar-refractivity contribution in [2.24, 2.45) is 0 Å². The zero-order chi connectivity index (χ0) is 14.7. The first-order valence-electron chi connectivity index (χ1n) is 6.09. The second-order valence-corrected chi connectivity index (χ2v) is 4.52. The topological polar surface area (TPSA) is 43.7 Å². The summed E-state index contributed by atoms with van der Waals surface area (Å²) in [5.74, 6) is -0.923. The fourth-order valence-electron chi connectivity index (χ4n) is 2.05. The minimum atomic E-state index is -1.77. The minimum absolute atomic E-state index is 0.0770. The molecule has 3 nitrogen and oxygen atoms in total. The van der Waals surface area contributed by atoms with Gasteiger partial charge in [0.25, 0.3) is 0 Å². The van der Waals surface area contributed by atoms with E-state index in [2.05, 4.69) is 0 Å². The van der Waals surface area contributed by atoms with Crippen molar-refractivity contribution < 1.29 is 18.8 Å². The molecule has 0 atom stereocenters. The van der Waals surface area contributed by atoms with E-state index in [1.807, 2.05) is 0 Å². The van der Waals surface area contributed by atoms with Gasteiger partial charge in [0.1, 0.15) is 11.6 Å². The Morgan fingerprint density at radius 2 is 1.80 bits per heavy atom. The molecular weight excluding hydrogens is 263 g/mol. The van der Waals surface area contributed by atoms with Gasteiger partial charge in [0.15, 0.2) is 0 Å². The van der Waals surface area contributed by atoms with Gasteiger partial charge < -0.3 is 14.9 Å². The summed E-state index contributed by atoms with van der Waals surface area (Å²) < 4.78 is 26.8. The van der Waals surface area contributed by atoms with Crippen LogP contribution in [-0.2, 0) is 6.54 Å². The minimum Gasteiger partial charge on any atom is -0.423 e. The molecular formula is C14H14BF2NO2. The van der Waals surface area contributed by atoms with E-state index in [4.69, 9.17) is 0 Å². The Morgan fingerprint density at radius 3 is 2.45 bits per heavy atom. The van der Waals surface area contributed by atoms with E-state index in [1.165, 1.54) is 18.2 Å². The van der Waals surface area contributed by atoms with Crippen molar-refractivity contribution in [3.8, 4) is 0 Å². The summed E-state index contributed by atoms with van der Waals surface area (Å²) in [5.41, 5.74) is 0.982. The van der Waals surface area contributed by atoms with Crippen molar-refractivity contribution in [1.29, 1.82) is 0 Å². The summed E-state index contributed by atoms with van der Waals surface area (Å²) in [4.78, 5) is 1.62. The molecule has 0 fully saturated rings. The second-order valence-electron chi connectivity index (χ2n) is 4.52. The third kappa shape index (κ3) is 3.15. The third-order valence-electron chi connectivity index (χ3n) is 3.06. The van der Waals surface area contributed by atoms with Crippen molar-refractivity contribution >= 4 is 18.3 Å². The molecule has 2 rings (SSSR count). The first-order valence-corrected chi connectivity index (χ1v) is 6.09. The number of hydrogen-bond acceptors (Lipinski definition) is 3. The lowest BCUT2D eigenvalue weighted by Crippen LogP contribution is -2.35. The number of para-hydroxylation sites is 1. The highest BCUT2D eigenvalue weighted by atomic mass is 19.1. The van der Waals surface area contributed by atoms with Crippen LogP contribution in [-0.4, -0.2) is 24.2 Å². The number of benzene rings is 2. The van der Waals surface area contributed by atoms with Gasteiger partial charge in [-0.15, -0.1) is 0 Å². The van der Waals surface area contributed by atoms with Crippen LogP contribution in [0.2, 0.25) is 0 Å². The van der Waals surface area contributed by atoms with Crippen LogP contribution >= 0.6 is 0 Å². The average molecular weight is 277 g/mol. The summed E-state index contributed by atoms with van der Waals surface area (Å²) in [6, 6.07) is 10.0. The van der Waals surface area contributed by atoms with Crippen LogP contribution in [0.3, 0.4) is 0 Å². The number of anilines is 1. The van der Waals surface area contributed by atoms with Crippen LogP contribution in [0.25, 0.3) is 0 Å². The third-order valence-corrected chi connectivity index (χ3v) is 3.06. The summed E-state index contributed by atoms with van der Waals surface area (Å²) in [5, 5.41) is 18.5. The molecule has 0 saturated heterocycles. The molecule has 0 bridgehead atoms. The van der Waals surface area contributed by atoms with Gasteiger partial charge in [-0.05, 0) is 35.3 Å². The van der Waals surface area contributed by atoms with E-state index in [0.29, 0.717) is 11.3 Å². The maximum absolute atomic E-state index is 13.7. The van der Waals surface area contributed by atoms with Gasteiger partial charge in [-0.2, -0.15) is 0 Å². The molecule has 6 heteroatoms. The Labute approximate surface area is 116 Å². The van der Waals surface area contributed by atoms with Crippen molar-refractivity contribution in [3.63, 3.8) is 0 Å². The summed E-state index contributed by atoms with van der Waals surface area (Å²) >= 11 is 0. The van der Waals surface area contributed by atoms with E-state index < -0.39 is 12.9 Å². The fraction of sp³-hybridized carbons (Fsp3) is 0.143. The van der Waals surface area contributed by atoms with Crippen LogP contribution in [0.15, 0.2) is 42.5 Å². The summed E-state index contributed by atoms with van der Waals surface area (Å²) in [7, 11) is -0.0929. The highest BCUT2D eigenvalue weighted by molar-refractivity contribution is 6.59. The predicted octanol–water partition coefficient (Wildman–Crippen LogP) is 1.28. The van der Waals surface area contributed by atoms with Crippen LogP contribution in [0.1, 0.15) is 5.56 Å². The highest BCUT2D eigenvalue weighted by Crippen LogP contribution is 2.19. The molecule has 0 aliphatic heterocycles. The first-order chi connectivity index (χ1) is 9.49. The predicted molar refractivity (Wildman–Crippen MR) is 74.7 cm³/mol. The molecule has 0 heterocycles. The maximum Gasteiger partial charge on any atom is 0.488 e. The van der Waals surface area contributed by atoms with Gasteiger partial charge in [-0.25, -0.2) is 8.78 Å². The molecule has 0 aliphatic rings. The van der Waals surface area contributed by atoms with Crippen LogP contribution in [0.4, 0.5) is 14.5 Å². The van der Waals surface area contributed by atoms with Crippen molar-refractivity contribution in [2.75, 3.05) is 11.9 Å². The quantitative estimate of drug-likeness (QED) is 0.827. The van der Waals surface area contributed by atoms with E-state index in [9.17, 15) is 18.8 Å². The molecule has 2 aromatic carbocycles. The van der Waals surface area contributed by atoms with Gasteiger partial charge in [0.2, 0.25) is 0 Å². The van der Waals surface area contributed by atoms with Gasteiger partial charge in [0.05, 0.1) is 5.69 Å². The number of rotatable bonds is 4. The zero-order valence-electron chi connectivity index (χ0n) is 10.9. The van der Waals surface area contributed by atoms with E-state index in [1.54, 1.807) is 30.1 Å². The monoisotopic (exact) mass is 277 g/mol. The zero-order valence-corrected chi connectivity index (χ0v) is 10.9. The molecule has 0 unspecified atom stereocenters. The maximum atomic E-state index is 13.7. The van der Waals surface area contributed by atoms with E-state index >= 15 is 0 Å². The lowest BCUT2D eigenvalue weighted by Gasteiger charge is -2.21. The van der Waals surface area contributed by atoms with Crippen LogP contribution in [0, 0.1) is 11.6 Å². The number of nitrogens with zero attached hydrogens (tertiary/aromatic N) is 1. The smallest absolute Gasteiger partial charge is 0.423 e. The molecule has 0 saturated carbocycles. The van der Waals surface area contributed by atoms with Crippen molar-refractivity contribution in [2.45, 2.75) is 6.54 Å². The fourth-order valence-corrected chi connectivity index (χ4v) is 2.05. The SMILES string of the molecule is CN(Cc1ccc(F)cc1B(O)O)c1ccccc1F. The lowest BCUT2D eigenvalue weighted by molar-refractivity contribution is 0.425. The second kappa shape index (κ2) is 6.03. The normalized spacial score (nSPS) is 10.4. The molecule has 0 radical (unpaired) electrons. The average Bonchev–Trinajstić information content (AvgIpc) is 2.41. The molecule has 0 spiro atoms. The Morgan fingerprint density at radius 1 is 1.10 bits per heavy atom. The molecule has 104 valence electrons. The number of hydrogen-bond donors (Lipinski definition) is 2. The summed E-state index contributed by atoms with van der Waals surface area (Å²) in [6.07, 6.45) is 0. The number of halogens is 2. The molecule has 2 N–H and O–H groups in total. The van der Waals surface area contributed by atoms with Gasteiger partial charge >= 0.3 is 7.12 Å². The van der Waals surface area contributed by atoms with Crippen LogP contribution < -0.4 is 10.4 Å². The lowest BCUT2D eigenvalue weighted by atomic mass is 9.77. The standard InChI is InChI=1S/C14H14BF2NO2/c1-18(14-5-3-2-4-13(14)17)9-10-6-7-11(16)8-12(10)15(19)20/h2-8,19-20H,9H2,1H3. The Hall–Kier alpha value is -1.92. The van der Waals surface area contributed by atoms with E-state index in [-0.39, 0.29) is 17.8 Å². The molecule has 0 aromatic heterocycles. The summed E-state index contributed by atoms with van der Waals surface area (Å²) in [6.45, 7) is 0.230. The molecule has 20 heavy (non-hydrogen) atoms. The Kier molecular flexibility index (Phi) is 4.37. The molecule has 0 aliphatic carbocycles. The highest BCUT2D eigenvalue weighted by Gasteiger charge is 2.18. The van der Waals surface area contributed by atoms with Gasteiger partial charge in [-0.3, -0.25) is 0 Å². The van der Waals surface area contributed by atoms with E-state index in [0.717, 1.165) is 6.07 Å². The van der Waals surface area contributed by atoms with Gasteiger partial charge in [0, 0.05) is 13.6 Å². The van der Waals surface area contributed by atoms with Crippen molar-refractivity contribution in [3.05, 3.63) is 59.7 Å². The van der Waals surface area contributed by atoms with Gasteiger partial charge in [-0.1, -0.05) is 18.2 Å². The molecule has 2 aromatic rings. The van der Waals surface area contributed by atoms with Crippen LogP contribution in [0.5, 0.6) is 0 Å². The van der Waals surface area contributed by atoms with Crippen molar-refractivity contribution in [1.82, 2.24) is 0 Å². The Balaban J connectivity index is 2.28.